The molecule has 0 saturated carbocycles. The van der Waals surface area contributed by atoms with E-state index in [1.807, 2.05) is 0 Å². The zero-order valence-electron chi connectivity index (χ0n) is 27.8. The highest BCUT2D eigenvalue weighted by atomic mass is 16.4. The Hall–Kier alpha value is -1.58. The quantitative estimate of drug-likeness (QED) is 0.0577. The smallest absolute Gasteiger partial charge is 0.306 e. The summed E-state index contributed by atoms with van der Waals surface area (Å²) in [6.07, 6.45) is 44.4. The summed E-state index contributed by atoms with van der Waals surface area (Å²) in [5, 5.41) is 18.2. The van der Waals surface area contributed by atoms with Crippen LogP contribution in [-0.2, 0) is 9.59 Å². The number of allylic oxidation sites excluding steroid dienone is 4. The molecule has 0 aliphatic heterocycles. The second-order valence-corrected chi connectivity index (χ2v) is 12.6. The fraction of sp³-hybridized carbons (Fsp3) is 0.842. The van der Waals surface area contributed by atoms with Crippen molar-refractivity contribution < 1.29 is 19.8 Å². The van der Waals surface area contributed by atoms with Crippen LogP contribution in [0, 0.1) is 5.92 Å². The van der Waals surface area contributed by atoms with Gasteiger partial charge in [-0.3, -0.25) is 9.59 Å². The molecule has 0 spiro atoms. The van der Waals surface area contributed by atoms with E-state index in [1.54, 1.807) is 0 Å². The van der Waals surface area contributed by atoms with Gasteiger partial charge in [-0.15, -0.1) is 0 Å². The van der Waals surface area contributed by atoms with Gasteiger partial charge in [0.05, 0.1) is 5.92 Å². The van der Waals surface area contributed by atoms with Crippen molar-refractivity contribution in [1.29, 1.82) is 0 Å². The minimum absolute atomic E-state index is 0.142. The molecule has 4 nitrogen and oxygen atoms in total. The Kier molecular flexibility index (Phi) is 32.6. The monoisotopic (exact) mass is 591 g/mol. The van der Waals surface area contributed by atoms with Crippen molar-refractivity contribution in [2.75, 3.05) is 0 Å². The van der Waals surface area contributed by atoms with Crippen LogP contribution in [0.1, 0.15) is 200 Å². The van der Waals surface area contributed by atoms with E-state index in [9.17, 15) is 14.7 Å². The molecule has 0 aromatic rings. The average molecular weight is 591 g/mol. The van der Waals surface area contributed by atoms with Crippen molar-refractivity contribution >= 4 is 11.9 Å². The van der Waals surface area contributed by atoms with Crippen molar-refractivity contribution in [2.45, 2.75) is 200 Å². The van der Waals surface area contributed by atoms with Gasteiger partial charge in [0.1, 0.15) is 0 Å². The van der Waals surface area contributed by atoms with Gasteiger partial charge in [0.15, 0.2) is 0 Å². The summed E-state index contributed by atoms with van der Waals surface area (Å²) < 4.78 is 0. The second kappa shape index (κ2) is 33.9. The molecule has 0 amide bonds. The predicted molar refractivity (Wildman–Crippen MR) is 181 cm³/mol. The van der Waals surface area contributed by atoms with Crippen molar-refractivity contribution in [3.8, 4) is 0 Å². The first-order valence-electron chi connectivity index (χ1n) is 18.3. The number of carbonyl (C=O) groups is 2. The van der Waals surface area contributed by atoms with Gasteiger partial charge in [0, 0.05) is 6.42 Å². The van der Waals surface area contributed by atoms with Crippen LogP contribution in [0.25, 0.3) is 0 Å². The van der Waals surface area contributed by atoms with Gasteiger partial charge in [0.25, 0.3) is 0 Å². The first-order chi connectivity index (χ1) is 20.6. The molecule has 4 heteroatoms. The van der Waals surface area contributed by atoms with E-state index in [2.05, 4.69) is 31.2 Å². The highest BCUT2D eigenvalue weighted by Gasteiger charge is 2.16. The minimum Gasteiger partial charge on any atom is -0.481 e. The third-order valence-electron chi connectivity index (χ3n) is 8.52. The molecule has 42 heavy (non-hydrogen) atoms. The number of hydrogen-bond acceptors (Lipinski definition) is 2. The third-order valence-corrected chi connectivity index (χ3v) is 8.52. The zero-order valence-corrected chi connectivity index (χ0v) is 27.8. The van der Waals surface area contributed by atoms with Crippen molar-refractivity contribution in [3.63, 3.8) is 0 Å². The van der Waals surface area contributed by atoms with Gasteiger partial charge in [-0.2, -0.15) is 0 Å². The molecule has 1 unspecified atom stereocenters. The summed E-state index contributed by atoms with van der Waals surface area (Å²) in [4.78, 5) is 22.1. The second-order valence-electron chi connectivity index (χ2n) is 12.6. The maximum Gasteiger partial charge on any atom is 0.306 e. The topological polar surface area (TPSA) is 74.6 Å². The fourth-order valence-electron chi connectivity index (χ4n) is 5.69. The van der Waals surface area contributed by atoms with Crippen LogP contribution in [0.2, 0.25) is 0 Å². The molecular weight excluding hydrogens is 520 g/mol. The van der Waals surface area contributed by atoms with Gasteiger partial charge >= 0.3 is 11.9 Å². The Bertz CT molecular complexity index is 639. The molecule has 0 saturated heterocycles. The molecule has 0 aliphatic carbocycles. The summed E-state index contributed by atoms with van der Waals surface area (Å²) in [6.45, 7) is 2.27. The number of hydrogen-bond donors (Lipinski definition) is 2. The van der Waals surface area contributed by atoms with Crippen molar-refractivity contribution in [1.82, 2.24) is 0 Å². The van der Waals surface area contributed by atoms with Gasteiger partial charge in [0.2, 0.25) is 0 Å². The highest BCUT2D eigenvalue weighted by Crippen LogP contribution is 2.20. The molecule has 2 N–H and O–H groups in total. The normalized spacial score (nSPS) is 12.5. The Balaban J connectivity index is 3.47. The minimum atomic E-state index is -0.681. The van der Waals surface area contributed by atoms with Crippen LogP contribution >= 0.6 is 0 Å². The van der Waals surface area contributed by atoms with Crippen LogP contribution in [0.4, 0.5) is 0 Å². The molecule has 0 fully saturated rings. The molecule has 0 aliphatic rings. The summed E-state index contributed by atoms with van der Waals surface area (Å²) >= 11 is 0. The number of carboxylic acid groups (broad SMARTS) is 2. The molecular formula is C38H70O4. The van der Waals surface area contributed by atoms with Crippen LogP contribution in [0.15, 0.2) is 24.3 Å². The van der Waals surface area contributed by atoms with E-state index in [4.69, 9.17) is 5.11 Å². The maximum absolute atomic E-state index is 11.7. The SMILES string of the molecule is CCCCCCCCC=CCCCCCCCCC(CCCCCCCCC=CCCCCCCCC(=O)O)C(=O)O. The van der Waals surface area contributed by atoms with Gasteiger partial charge in [-0.1, -0.05) is 147 Å². The van der Waals surface area contributed by atoms with Crippen LogP contribution < -0.4 is 0 Å². The Morgan fingerprint density at radius 2 is 0.762 bits per heavy atom. The molecule has 0 aromatic heterocycles. The van der Waals surface area contributed by atoms with E-state index in [0.29, 0.717) is 6.42 Å². The standard InChI is InChI=1S/C38H70O4/c1-2-3-4-5-6-7-8-9-10-12-15-18-21-24-27-30-33-36(38(41)42)34-31-28-25-22-19-16-13-11-14-17-20-23-26-29-32-35-37(39)40/h9-11,14,36H,2-8,12-13,15-35H2,1H3,(H,39,40)(H,41,42). The molecule has 246 valence electrons. The molecule has 0 heterocycles. The number of rotatable bonds is 34. The lowest BCUT2D eigenvalue weighted by Crippen LogP contribution is -2.13. The fourth-order valence-corrected chi connectivity index (χ4v) is 5.69. The highest BCUT2D eigenvalue weighted by molar-refractivity contribution is 5.69. The Morgan fingerprint density at radius 1 is 0.452 bits per heavy atom. The maximum atomic E-state index is 11.7. The first-order valence-corrected chi connectivity index (χ1v) is 18.3. The Morgan fingerprint density at radius 3 is 1.10 bits per heavy atom. The van der Waals surface area contributed by atoms with Gasteiger partial charge < -0.3 is 10.2 Å². The molecule has 0 bridgehead atoms. The average Bonchev–Trinajstić information content (AvgIpc) is 2.97. The summed E-state index contributed by atoms with van der Waals surface area (Å²) in [7, 11) is 0. The summed E-state index contributed by atoms with van der Waals surface area (Å²) in [6, 6.07) is 0. The summed E-state index contributed by atoms with van der Waals surface area (Å²) in [5.41, 5.74) is 0. The van der Waals surface area contributed by atoms with Crippen LogP contribution in [0.5, 0.6) is 0 Å². The molecule has 0 aromatic carbocycles. The lowest BCUT2D eigenvalue weighted by atomic mass is 9.94. The van der Waals surface area contributed by atoms with Gasteiger partial charge in [-0.25, -0.2) is 0 Å². The number of carboxylic acids is 2. The molecule has 1 atom stereocenters. The van der Waals surface area contributed by atoms with Crippen molar-refractivity contribution in [2.24, 2.45) is 5.92 Å². The largest absolute Gasteiger partial charge is 0.481 e. The van der Waals surface area contributed by atoms with E-state index >= 15 is 0 Å². The third kappa shape index (κ3) is 32.9. The van der Waals surface area contributed by atoms with Gasteiger partial charge in [-0.05, 0) is 70.6 Å². The zero-order chi connectivity index (χ0) is 30.8. The van der Waals surface area contributed by atoms with Crippen LogP contribution in [0.3, 0.4) is 0 Å². The van der Waals surface area contributed by atoms with E-state index in [0.717, 1.165) is 57.8 Å². The number of unbranched alkanes of at least 4 members (excludes halogenated alkanes) is 23. The lowest BCUT2D eigenvalue weighted by Gasteiger charge is -2.12. The summed E-state index contributed by atoms with van der Waals surface area (Å²) in [5.74, 6) is -1.41. The first kappa shape index (κ1) is 40.4. The lowest BCUT2D eigenvalue weighted by molar-refractivity contribution is -0.142. The molecule has 0 rings (SSSR count). The van der Waals surface area contributed by atoms with E-state index in [1.165, 1.54) is 128 Å². The van der Waals surface area contributed by atoms with E-state index in [-0.39, 0.29) is 5.92 Å². The predicted octanol–water partition coefficient (Wildman–Crippen LogP) is 12.6. The Labute approximate surface area is 261 Å². The van der Waals surface area contributed by atoms with E-state index < -0.39 is 11.9 Å². The number of aliphatic carboxylic acids is 2. The van der Waals surface area contributed by atoms with Crippen molar-refractivity contribution in [3.05, 3.63) is 24.3 Å². The van der Waals surface area contributed by atoms with Crippen LogP contribution in [-0.4, -0.2) is 22.2 Å². The molecule has 0 radical (unpaired) electrons.